The van der Waals surface area contributed by atoms with Gasteiger partial charge in [-0.15, -0.1) is 0 Å². The number of phenolic OH excluding ortho intramolecular Hbond substituents is 1. The van der Waals surface area contributed by atoms with E-state index in [-0.39, 0.29) is 29.9 Å². The van der Waals surface area contributed by atoms with Crippen LogP contribution < -0.4 is 10.6 Å². The summed E-state index contributed by atoms with van der Waals surface area (Å²) in [6.45, 7) is 0.376. The fraction of sp³-hybridized carbons (Fsp3) is 0.200. The molecule has 0 spiro atoms. The summed E-state index contributed by atoms with van der Waals surface area (Å²) in [5.74, 6) is -0.439. The lowest BCUT2D eigenvalue weighted by atomic mass is 10.1. The summed E-state index contributed by atoms with van der Waals surface area (Å²) in [4.78, 5) is 23.3. The highest BCUT2D eigenvalue weighted by molar-refractivity contribution is 6.05. The predicted octanol–water partition coefficient (Wildman–Crippen LogP) is 1.62. The normalized spacial score (nSPS) is 18.0. The summed E-state index contributed by atoms with van der Waals surface area (Å²) in [5, 5.41) is 16.7. The summed E-state index contributed by atoms with van der Waals surface area (Å²) < 4.78 is 0. The maximum Gasteiger partial charge on any atom is 0.229 e. The molecule has 1 saturated heterocycles. The first-order valence-corrected chi connectivity index (χ1v) is 6.43. The van der Waals surface area contributed by atoms with E-state index in [1.54, 1.807) is 30.3 Å². The van der Waals surface area contributed by atoms with E-state index >= 15 is 0 Å². The number of benzene rings is 2. The van der Waals surface area contributed by atoms with Gasteiger partial charge in [0.25, 0.3) is 0 Å². The molecule has 102 valence electrons. The molecule has 20 heavy (non-hydrogen) atoms. The van der Waals surface area contributed by atoms with Crippen LogP contribution in [0.15, 0.2) is 36.4 Å². The fourth-order valence-electron chi connectivity index (χ4n) is 2.43. The van der Waals surface area contributed by atoms with Gasteiger partial charge in [0.15, 0.2) is 0 Å². The van der Waals surface area contributed by atoms with Gasteiger partial charge in [-0.2, -0.15) is 0 Å². The third-order valence-electron chi connectivity index (χ3n) is 3.51. The van der Waals surface area contributed by atoms with Crippen LogP contribution in [0.4, 0.5) is 5.69 Å². The number of fused-ring (bicyclic) bond motifs is 1. The zero-order chi connectivity index (χ0) is 14.1. The quantitative estimate of drug-likeness (QED) is 0.776. The highest BCUT2D eigenvalue weighted by atomic mass is 16.3. The van der Waals surface area contributed by atoms with Crippen LogP contribution in [0.25, 0.3) is 10.8 Å². The Labute approximate surface area is 115 Å². The van der Waals surface area contributed by atoms with Crippen LogP contribution in [-0.2, 0) is 9.59 Å². The van der Waals surface area contributed by atoms with E-state index in [2.05, 4.69) is 10.6 Å². The number of nitrogens with one attached hydrogen (secondary N) is 2. The third-order valence-corrected chi connectivity index (χ3v) is 3.51. The lowest BCUT2D eigenvalue weighted by molar-refractivity contribution is -0.123. The van der Waals surface area contributed by atoms with Crippen molar-refractivity contribution in [1.29, 1.82) is 0 Å². The number of aromatic hydroxyl groups is 1. The molecule has 5 nitrogen and oxygen atoms in total. The number of amides is 2. The van der Waals surface area contributed by atoms with Gasteiger partial charge < -0.3 is 15.7 Å². The minimum absolute atomic E-state index is 0.0966. The van der Waals surface area contributed by atoms with Gasteiger partial charge in [-0.3, -0.25) is 9.59 Å². The molecule has 1 aliphatic rings. The van der Waals surface area contributed by atoms with E-state index in [1.807, 2.05) is 6.07 Å². The Kier molecular flexibility index (Phi) is 3.02. The summed E-state index contributed by atoms with van der Waals surface area (Å²) in [6.07, 6.45) is 0.224. The first-order chi connectivity index (χ1) is 9.65. The maximum atomic E-state index is 12.1. The SMILES string of the molecule is O=C1CC(C(=O)Nc2cccc3c(O)cccc23)CN1. The molecule has 0 radical (unpaired) electrons. The van der Waals surface area contributed by atoms with E-state index in [1.165, 1.54) is 0 Å². The van der Waals surface area contributed by atoms with Crippen molar-refractivity contribution in [1.82, 2.24) is 5.32 Å². The molecule has 0 bridgehead atoms. The lowest BCUT2D eigenvalue weighted by Crippen LogP contribution is -2.24. The molecule has 2 aromatic carbocycles. The predicted molar refractivity (Wildman–Crippen MR) is 75.4 cm³/mol. The monoisotopic (exact) mass is 270 g/mol. The minimum Gasteiger partial charge on any atom is -0.507 e. The first kappa shape index (κ1) is 12.5. The maximum absolute atomic E-state index is 12.1. The van der Waals surface area contributed by atoms with E-state index in [9.17, 15) is 14.7 Å². The van der Waals surface area contributed by atoms with Crippen molar-refractivity contribution >= 4 is 28.3 Å². The number of hydrogen-bond acceptors (Lipinski definition) is 3. The van der Waals surface area contributed by atoms with Gasteiger partial charge >= 0.3 is 0 Å². The van der Waals surface area contributed by atoms with Crippen molar-refractivity contribution < 1.29 is 14.7 Å². The van der Waals surface area contributed by atoms with Gasteiger partial charge in [0, 0.05) is 29.4 Å². The van der Waals surface area contributed by atoms with Gasteiger partial charge in [0.05, 0.1) is 5.92 Å². The van der Waals surface area contributed by atoms with Crippen molar-refractivity contribution in [3.05, 3.63) is 36.4 Å². The van der Waals surface area contributed by atoms with Crippen LogP contribution in [0.5, 0.6) is 5.75 Å². The Hall–Kier alpha value is -2.56. The summed E-state index contributed by atoms with van der Waals surface area (Å²) in [6, 6.07) is 10.5. The van der Waals surface area contributed by atoms with E-state index < -0.39 is 0 Å². The van der Waals surface area contributed by atoms with E-state index in [4.69, 9.17) is 0 Å². The Morgan fingerprint density at radius 1 is 1.20 bits per heavy atom. The summed E-state index contributed by atoms with van der Waals surface area (Å²) >= 11 is 0. The molecule has 0 saturated carbocycles. The zero-order valence-corrected chi connectivity index (χ0v) is 10.7. The second-order valence-electron chi connectivity index (χ2n) is 4.87. The standard InChI is InChI=1S/C15H14N2O3/c18-13-6-2-3-10-11(13)4-1-5-12(10)17-15(20)9-7-14(19)16-8-9/h1-6,9,18H,7-8H2,(H,16,19)(H,17,20). The topological polar surface area (TPSA) is 78.4 Å². The first-order valence-electron chi connectivity index (χ1n) is 6.43. The Bertz CT molecular complexity index is 697. The van der Waals surface area contributed by atoms with Gasteiger partial charge in [-0.1, -0.05) is 24.3 Å². The molecule has 1 unspecified atom stereocenters. The number of hydrogen-bond donors (Lipinski definition) is 3. The van der Waals surface area contributed by atoms with Crippen molar-refractivity contribution in [2.45, 2.75) is 6.42 Å². The van der Waals surface area contributed by atoms with Gasteiger partial charge in [0.1, 0.15) is 5.75 Å². The third kappa shape index (κ3) is 2.18. The number of carbonyl (C=O) groups is 2. The molecular formula is C15H14N2O3. The average molecular weight is 270 g/mol. The molecule has 1 heterocycles. The molecule has 5 heteroatoms. The number of anilines is 1. The molecule has 3 rings (SSSR count). The highest BCUT2D eigenvalue weighted by Crippen LogP contribution is 2.30. The minimum atomic E-state index is -0.338. The largest absolute Gasteiger partial charge is 0.507 e. The molecule has 0 aromatic heterocycles. The lowest BCUT2D eigenvalue weighted by Gasteiger charge is -2.12. The van der Waals surface area contributed by atoms with Crippen LogP contribution in [-0.4, -0.2) is 23.5 Å². The fourth-order valence-corrected chi connectivity index (χ4v) is 2.43. The Morgan fingerprint density at radius 2 is 1.95 bits per heavy atom. The van der Waals surface area contributed by atoms with Crippen LogP contribution in [0.3, 0.4) is 0 Å². The summed E-state index contributed by atoms with van der Waals surface area (Å²) in [5.41, 5.74) is 0.641. The molecule has 2 aromatic rings. The van der Waals surface area contributed by atoms with E-state index in [0.717, 1.165) is 5.39 Å². The molecule has 2 amide bonds. The molecule has 0 aliphatic carbocycles. The Morgan fingerprint density at radius 3 is 2.70 bits per heavy atom. The number of carbonyl (C=O) groups excluding carboxylic acids is 2. The number of phenols is 1. The number of rotatable bonds is 2. The van der Waals surface area contributed by atoms with Crippen molar-refractivity contribution in [3.8, 4) is 5.75 Å². The second kappa shape index (κ2) is 4.85. The zero-order valence-electron chi connectivity index (χ0n) is 10.7. The van der Waals surface area contributed by atoms with Crippen molar-refractivity contribution in [3.63, 3.8) is 0 Å². The summed E-state index contributed by atoms with van der Waals surface area (Å²) in [7, 11) is 0. The van der Waals surface area contributed by atoms with Crippen molar-refractivity contribution in [2.24, 2.45) is 5.92 Å². The van der Waals surface area contributed by atoms with Gasteiger partial charge in [-0.05, 0) is 12.1 Å². The Balaban J connectivity index is 1.89. The van der Waals surface area contributed by atoms with Crippen LogP contribution >= 0.6 is 0 Å². The highest BCUT2D eigenvalue weighted by Gasteiger charge is 2.28. The van der Waals surface area contributed by atoms with Gasteiger partial charge in [-0.25, -0.2) is 0 Å². The van der Waals surface area contributed by atoms with Crippen LogP contribution in [0, 0.1) is 5.92 Å². The van der Waals surface area contributed by atoms with Gasteiger partial charge in [0.2, 0.25) is 11.8 Å². The molecule has 1 fully saturated rings. The van der Waals surface area contributed by atoms with E-state index in [0.29, 0.717) is 17.6 Å². The molecule has 1 aliphatic heterocycles. The van der Waals surface area contributed by atoms with Crippen molar-refractivity contribution in [2.75, 3.05) is 11.9 Å². The van der Waals surface area contributed by atoms with Crippen LogP contribution in [0.2, 0.25) is 0 Å². The molecule has 3 N–H and O–H groups in total. The molecule has 1 atom stereocenters. The smallest absolute Gasteiger partial charge is 0.229 e. The van der Waals surface area contributed by atoms with Crippen LogP contribution in [0.1, 0.15) is 6.42 Å². The molecular weight excluding hydrogens is 256 g/mol. The average Bonchev–Trinajstić information content (AvgIpc) is 2.87. The second-order valence-corrected chi connectivity index (χ2v) is 4.87.